The number of hydrogen-bond donors (Lipinski definition) is 0. The summed E-state index contributed by atoms with van der Waals surface area (Å²) in [5.74, 6) is 2.32. The zero-order valence-corrected chi connectivity index (χ0v) is 25.1. The highest BCUT2D eigenvalue weighted by Gasteiger charge is 2.42. The smallest absolute Gasteiger partial charge is 0.00611 e. The fourth-order valence-electron chi connectivity index (χ4n) is 7.60. The lowest BCUT2D eigenvalue weighted by molar-refractivity contribution is 0.281. The van der Waals surface area contributed by atoms with Gasteiger partial charge in [-0.1, -0.05) is 147 Å². The van der Waals surface area contributed by atoms with E-state index in [0.717, 1.165) is 12.8 Å². The molecule has 0 spiro atoms. The quantitative estimate of drug-likeness (QED) is 0.179. The minimum Gasteiger partial charge on any atom is -0.0771 e. The lowest BCUT2D eigenvalue weighted by Gasteiger charge is -2.46. The van der Waals surface area contributed by atoms with Crippen molar-refractivity contribution >= 4 is 0 Å². The van der Waals surface area contributed by atoms with Gasteiger partial charge in [-0.25, -0.2) is 0 Å². The van der Waals surface area contributed by atoms with Crippen LogP contribution in [0.25, 0.3) is 22.3 Å². The summed E-state index contributed by atoms with van der Waals surface area (Å²) in [6.07, 6.45) is 5.82. The van der Waals surface area contributed by atoms with Crippen molar-refractivity contribution in [3.8, 4) is 22.3 Å². The van der Waals surface area contributed by atoms with Gasteiger partial charge in [-0.2, -0.15) is 0 Å². The molecular weight excluding hydrogens is 504 g/mol. The van der Waals surface area contributed by atoms with E-state index in [1.54, 1.807) is 16.7 Å². The summed E-state index contributed by atoms with van der Waals surface area (Å²) in [4.78, 5) is 0. The third-order valence-electron chi connectivity index (χ3n) is 9.82. The monoisotopic (exact) mass is 544 g/mol. The number of fused-ring (bicyclic) bond motifs is 1. The maximum atomic E-state index is 2.61. The third-order valence-corrected chi connectivity index (χ3v) is 9.82. The lowest BCUT2D eigenvalue weighted by Crippen LogP contribution is -2.32. The second-order valence-corrected chi connectivity index (χ2v) is 12.8. The Bertz CT molecular complexity index is 1700. The minimum atomic E-state index is 0.473. The van der Waals surface area contributed by atoms with Gasteiger partial charge in [0.25, 0.3) is 0 Å². The molecule has 3 aliphatic rings. The number of rotatable bonds is 7. The van der Waals surface area contributed by atoms with Crippen LogP contribution in [0.5, 0.6) is 0 Å². The van der Waals surface area contributed by atoms with Crippen molar-refractivity contribution < 1.29 is 0 Å². The molecule has 2 bridgehead atoms. The molecule has 3 atom stereocenters. The first-order chi connectivity index (χ1) is 20.5. The van der Waals surface area contributed by atoms with E-state index >= 15 is 0 Å². The van der Waals surface area contributed by atoms with Crippen LogP contribution in [0, 0.1) is 11.8 Å². The Kier molecular flexibility index (Phi) is 7.16. The molecule has 8 rings (SSSR count). The van der Waals surface area contributed by atoms with Crippen LogP contribution in [0.4, 0.5) is 0 Å². The van der Waals surface area contributed by atoms with Gasteiger partial charge >= 0.3 is 0 Å². The molecular formula is C42H40. The predicted molar refractivity (Wildman–Crippen MR) is 178 cm³/mol. The highest BCUT2D eigenvalue weighted by molar-refractivity contribution is 5.81. The first kappa shape index (κ1) is 26.7. The van der Waals surface area contributed by atoms with Crippen molar-refractivity contribution in [2.24, 2.45) is 11.8 Å². The molecule has 0 amide bonds. The molecule has 5 aromatic carbocycles. The first-order valence-corrected chi connectivity index (χ1v) is 15.7. The standard InChI is InChI=1S/C42H40/c1-28(2)38-27-39-29(3)24-40(38)42-37(35-20-16-33(17-21-35)26-31-12-8-5-9-13-31)23-22-36(41(39)42)34-18-14-32(15-19-34)25-30-10-6-4-7-11-30/h4-24,28,38-40H,25-27H2,1-3H3. The highest BCUT2D eigenvalue weighted by atomic mass is 14.5. The van der Waals surface area contributed by atoms with Crippen molar-refractivity contribution in [2.45, 2.75) is 51.9 Å². The first-order valence-electron chi connectivity index (χ1n) is 15.7. The molecule has 42 heavy (non-hydrogen) atoms. The summed E-state index contributed by atoms with van der Waals surface area (Å²) < 4.78 is 0. The summed E-state index contributed by atoms with van der Waals surface area (Å²) in [5.41, 5.74) is 15.7. The Labute approximate surface area is 251 Å². The average Bonchev–Trinajstić information content (AvgIpc) is 3.02. The summed E-state index contributed by atoms with van der Waals surface area (Å²) in [5, 5.41) is 0. The van der Waals surface area contributed by atoms with Crippen molar-refractivity contribution in [2.75, 3.05) is 0 Å². The molecule has 0 heterocycles. The molecule has 0 radical (unpaired) electrons. The molecule has 0 aromatic heterocycles. The van der Waals surface area contributed by atoms with Crippen molar-refractivity contribution in [3.05, 3.63) is 166 Å². The molecule has 0 saturated carbocycles. The molecule has 5 aromatic rings. The van der Waals surface area contributed by atoms with E-state index in [1.165, 1.54) is 50.9 Å². The Morgan fingerprint density at radius 1 is 0.548 bits per heavy atom. The number of allylic oxidation sites excluding steroid dienone is 2. The normalized spacial score (nSPS) is 19.0. The van der Waals surface area contributed by atoms with Crippen LogP contribution in [-0.2, 0) is 12.8 Å². The third kappa shape index (κ3) is 5.05. The Hall–Kier alpha value is -4.16. The van der Waals surface area contributed by atoms with Crippen LogP contribution in [0.2, 0.25) is 0 Å². The van der Waals surface area contributed by atoms with Crippen LogP contribution in [0.15, 0.2) is 133 Å². The van der Waals surface area contributed by atoms with E-state index in [9.17, 15) is 0 Å². The fourth-order valence-corrected chi connectivity index (χ4v) is 7.60. The van der Waals surface area contributed by atoms with Crippen molar-refractivity contribution in [3.63, 3.8) is 0 Å². The van der Waals surface area contributed by atoms with Crippen LogP contribution in [0.1, 0.15) is 72.4 Å². The summed E-state index contributed by atoms with van der Waals surface area (Å²) in [7, 11) is 0. The summed E-state index contributed by atoms with van der Waals surface area (Å²) in [6, 6.07) is 45.1. The van der Waals surface area contributed by atoms with Gasteiger partial charge in [0.1, 0.15) is 0 Å². The zero-order chi connectivity index (χ0) is 28.6. The SMILES string of the molecule is CC1=CC2c3c(-c4ccc(Cc5ccccc5)cc4)ccc(-c4ccc(Cc5ccccc5)cc4)c3C1CC2C(C)C. The van der Waals surface area contributed by atoms with Crippen LogP contribution in [-0.4, -0.2) is 0 Å². The summed E-state index contributed by atoms with van der Waals surface area (Å²) in [6.45, 7) is 7.21. The average molecular weight is 545 g/mol. The van der Waals surface area contributed by atoms with Gasteiger partial charge in [0.2, 0.25) is 0 Å². The second-order valence-electron chi connectivity index (χ2n) is 12.8. The Morgan fingerprint density at radius 3 is 1.48 bits per heavy atom. The molecule has 0 N–H and O–H groups in total. The maximum absolute atomic E-state index is 2.61. The maximum Gasteiger partial charge on any atom is 0.00611 e. The van der Waals surface area contributed by atoms with Gasteiger partial charge in [0.05, 0.1) is 0 Å². The Balaban J connectivity index is 1.28. The fraction of sp³-hybridized carbons (Fsp3) is 0.238. The number of hydrogen-bond acceptors (Lipinski definition) is 0. The minimum absolute atomic E-state index is 0.473. The predicted octanol–water partition coefficient (Wildman–Crippen LogP) is 11.0. The van der Waals surface area contributed by atoms with Crippen molar-refractivity contribution in [1.29, 1.82) is 0 Å². The van der Waals surface area contributed by atoms with Gasteiger partial charge in [-0.3, -0.25) is 0 Å². The molecule has 208 valence electrons. The van der Waals surface area contributed by atoms with E-state index in [0.29, 0.717) is 23.7 Å². The van der Waals surface area contributed by atoms with E-state index in [2.05, 4.69) is 148 Å². The van der Waals surface area contributed by atoms with Crippen LogP contribution < -0.4 is 0 Å². The molecule has 0 saturated heterocycles. The summed E-state index contributed by atoms with van der Waals surface area (Å²) >= 11 is 0. The topological polar surface area (TPSA) is 0 Å². The Morgan fingerprint density at radius 2 is 1.00 bits per heavy atom. The van der Waals surface area contributed by atoms with Crippen LogP contribution >= 0.6 is 0 Å². The van der Waals surface area contributed by atoms with Crippen molar-refractivity contribution in [1.82, 2.24) is 0 Å². The lowest BCUT2D eigenvalue weighted by atomic mass is 9.58. The largest absolute Gasteiger partial charge is 0.0771 e. The van der Waals surface area contributed by atoms with Gasteiger partial charge in [-0.15, -0.1) is 0 Å². The molecule has 0 aliphatic heterocycles. The van der Waals surface area contributed by atoms with E-state index in [4.69, 9.17) is 0 Å². The zero-order valence-electron chi connectivity index (χ0n) is 25.1. The number of benzene rings is 5. The van der Waals surface area contributed by atoms with E-state index < -0.39 is 0 Å². The van der Waals surface area contributed by atoms with E-state index in [-0.39, 0.29) is 0 Å². The molecule has 3 unspecified atom stereocenters. The van der Waals surface area contributed by atoms with E-state index in [1.807, 2.05) is 0 Å². The molecule has 0 nitrogen and oxygen atoms in total. The molecule has 0 heteroatoms. The van der Waals surface area contributed by atoms with Gasteiger partial charge in [-0.05, 0) is 93.7 Å². The molecule has 0 fully saturated rings. The van der Waals surface area contributed by atoms with Crippen LogP contribution in [0.3, 0.4) is 0 Å². The van der Waals surface area contributed by atoms with Gasteiger partial charge in [0.15, 0.2) is 0 Å². The second kappa shape index (κ2) is 11.3. The molecule has 3 aliphatic carbocycles. The van der Waals surface area contributed by atoms with Gasteiger partial charge in [0, 0.05) is 11.8 Å². The highest BCUT2D eigenvalue weighted by Crippen LogP contribution is 2.58. The van der Waals surface area contributed by atoms with Gasteiger partial charge < -0.3 is 0 Å².